The van der Waals surface area contributed by atoms with Crippen molar-refractivity contribution in [3.8, 4) is 39.1 Å². The molecule has 2 heteroatoms. The van der Waals surface area contributed by atoms with Gasteiger partial charge in [0.1, 0.15) is 0 Å². The molecule has 6 aromatic carbocycles. The molecule has 0 aliphatic carbocycles. The SMILES string of the molecule is Nc1ccc(-c2ccc(-n3c4ccccc4c4ccccc43)cc2)c(-c2ccc(-c3ccccc3)cc2)c1. The molecule has 180 valence electrons. The number of fused-ring (bicyclic) bond motifs is 3. The Morgan fingerprint density at radius 2 is 0.895 bits per heavy atom. The van der Waals surface area contributed by atoms with Crippen molar-refractivity contribution in [2.75, 3.05) is 5.73 Å². The second-order valence-electron chi connectivity index (χ2n) is 9.66. The van der Waals surface area contributed by atoms with Crippen molar-refractivity contribution in [1.29, 1.82) is 0 Å². The summed E-state index contributed by atoms with van der Waals surface area (Å²) in [5.41, 5.74) is 17.6. The molecule has 0 aliphatic heterocycles. The number of nitrogens with zero attached hydrogens (tertiary/aromatic N) is 1. The van der Waals surface area contributed by atoms with E-state index in [1.54, 1.807) is 0 Å². The van der Waals surface area contributed by atoms with E-state index in [2.05, 4.69) is 138 Å². The van der Waals surface area contributed by atoms with Crippen LogP contribution in [0.15, 0.2) is 146 Å². The van der Waals surface area contributed by atoms with E-state index in [0.29, 0.717) is 0 Å². The van der Waals surface area contributed by atoms with Gasteiger partial charge in [-0.2, -0.15) is 0 Å². The van der Waals surface area contributed by atoms with Gasteiger partial charge >= 0.3 is 0 Å². The smallest absolute Gasteiger partial charge is 0.0541 e. The van der Waals surface area contributed by atoms with Crippen LogP contribution in [0.3, 0.4) is 0 Å². The second kappa shape index (κ2) is 9.10. The minimum atomic E-state index is 0.762. The Bertz CT molecular complexity index is 1840. The predicted molar refractivity (Wildman–Crippen MR) is 162 cm³/mol. The lowest BCUT2D eigenvalue weighted by Gasteiger charge is -2.14. The highest BCUT2D eigenvalue weighted by Crippen LogP contribution is 2.36. The van der Waals surface area contributed by atoms with E-state index in [0.717, 1.165) is 28.1 Å². The Labute approximate surface area is 222 Å². The first-order valence-electron chi connectivity index (χ1n) is 12.9. The van der Waals surface area contributed by atoms with Crippen LogP contribution in [-0.4, -0.2) is 4.57 Å². The Morgan fingerprint density at radius 1 is 0.395 bits per heavy atom. The van der Waals surface area contributed by atoms with Gasteiger partial charge in [-0.3, -0.25) is 0 Å². The first kappa shape index (κ1) is 22.1. The van der Waals surface area contributed by atoms with E-state index in [1.807, 2.05) is 12.1 Å². The molecule has 7 aromatic rings. The van der Waals surface area contributed by atoms with Crippen LogP contribution in [-0.2, 0) is 0 Å². The largest absolute Gasteiger partial charge is 0.399 e. The number of nitrogen functional groups attached to an aromatic ring is 1. The molecule has 0 unspecified atom stereocenters. The molecular weight excluding hydrogens is 460 g/mol. The van der Waals surface area contributed by atoms with E-state index < -0.39 is 0 Å². The highest BCUT2D eigenvalue weighted by atomic mass is 15.0. The van der Waals surface area contributed by atoms with Gasteiger partial charge in [-0.1, -0.05) is 109 Å². The van der Waals surface area contributed by atoms with Gasteiger partial charge in [0, 0.05) is 22.1 Å². The fourth-order valence-electron chi connectivity index (χ4n) is 5.52. The van der Waals surface area contributed by atoms with Gasteiger partial charge in [0.15, 0.2) is 0 Å². The Balaban J connectivity index is 1.30. The third-order valence-electron chi connectivity index (χ3n) is 7.36. The zero-order valence-electron chi connectivity index (χ0n) is 20.9. The van der Waals surface area contributed by atoms with Crippen molar-refractivity contribution in [2.45, 2.75) is 0 Å². The third kappa shape index (κ3) is 3.75. The average molecular weight is 487 g/mol. The van der Waals surface area contributed by atoms with Crippen LogP contribution < -0.4 is 5.73 Å². The Hall–Kier alpha value is -5.08. The van der Waals surface area contributed by atoms with Crippen LogP contribution in [0.5, 0.6) is 0 Å². The highest BCUT2D eigenvalue weighted by molar-refractivity contribution is 6.09. The summed E-state index contributed by atoms with van der Waals surface area (Å²) in [6.45, 7) is 0. The molecule has 2 nitrogen and oxygen atoms in total. The number of para-hydroxylation sites is 2. The van der Waals surface area contributed by atoms with Crippen LogP contribution in [0.1, 0.15) is 0 Å². The summed E-state index contributed by atoms with van der Waals surface area (Å²) >= 11 is 0. The molecule has 0 bridgehead atoms. The fourth-order valence-corrected chi connectivity index (χ4v) is 5.52. The van der Waals surface area contributed by atoms with Crippen molar-refractivity contribution in [2.24, 2.45) is 0 Å². The summed E-state index contributed by atoms with van der Waals surface area (Å²) in [4.78, 5) is 0. The maximum Gasteiger partial charge on any atom is 0.0541 e. The molecule has 38 heavy (non-hydrogen) atoms. The lowest BCUT2D eigenvalue weighted by molar-refractivity contribution is 1.18. The van der Waals surface area contributed by atoms with Gasteiger partial charge in [0.25, 0.3) is 0 Å². The molecule has 0 aliphatic rings. The number of hydrogen-bond donors (Lipinski definition) is 1. The zero-order valence-corrected chi connectivity index (χ0v) is 20.9. The summed E-state index contributed by atoms with van der Waals surface area (Å²) in [5, 5.41) is 2.54. The summed E-state index contributed by atoms with van der Waals surface area (Å²) in [6.07, 6.45) is 0. The molecular formula is C36H26N2. The molecule has 7 rings (SSSR count). The van der Waals surface area contributed by atoms with Gasteiger partial charge in [-0.05, 0) is 69.8 Å². The number of hydrogen-bond acceptors (Lipinski definition) is 1. The Morgan fingerprint density at radius 3 is 1.55 bits per heavy atom. The molecule has 0 saturated heterocycles. The molecule has 0 fully saturated rings. The number of anilines is 1. The number of aromatic nitrogens is 1. The van der Waals surface area contributed by atoms with Crippen molar-refractivity contribution in [3.05, 3.63) is 146 Å². The normalized spacial score (nSPS) is 11.3. The predicted octanol–water partition coefficient (Wildman–Crippen LogP) is 9.37. The molecule has 0 saturated carbocycles. The van der Waals surface area contributed by atoms with Crippen LogP contribution >= 0.6 is 0 Å². The van der Waals surface area contributed by atoms with Crippen molar-refractivity contribution >= 4 is 27.5 Å². The number of nitrogens with two attached hydrogens (primary N) is 1. The first-order valence-corrected chi connectivity index (χ1v) is 12.9. The Kier molecular flexibility index (Phi) is 5.30. The molecule has 0 spiro atoms. The summed E-state index contributed by atoms with van der Waals surface area (Å²) in [5.74, 6) is 0. The van der Waals surface area contributed by atoms with Gasteiger partial charge < -0.3 is 10.3 Å². The minimum Gasteiger partial charge on any atom is -0.399 e. The van der Waals surface area contributed by atoms with Gasteiger partial charge in [0.2, 0.25) is 0 Å². The summed E-state index contributed by atoms with van der Waals surface area (Å²) in [7, 11) is 0. The van der Waals surface area contributed by atoms with Gasteiger partial charge in [-0.25, -0.2) is 0 Å². The maximum absolute atomic E-state index is 6.25. The molecule has 1 heterocycles. The quantitative estimate of drug-likeness (QED) is 0.247. The maximum atomic E-state index is 6.25. The number of benzene rings is 6. The topological polar surface area (TPSA) is 30.9 Å². The molecule has 1 aromatic heterocycles. The van der Waals surface area contributed by atoms with Gasteiger partial charge in [-0.15, -0.1) is 0 Å². The fraction of sp³-hybridized carbons (Fsp3) is 0. The molecule has 2 N–H and O–H groups in total. The van der Waals surface area contributed by atoms with Crippen LogP contribution in [0.4, 0.5) is 5.69 Å². The van der Waals surface area contributed by atoms with Crippen LogP contribution in [0.2, 0.25) is 0 Å². The van der Waals surface area contributed by atoms with E-state index in [-0.39, 0.29) is 0 Å². The van der Waals surface area contributed by atoms with Gasteiger partial charge in [0.05, 0.1) is 11.0 Å². The molecule has 0 atom stereocenters. The van der Waals surface area contributed by atoms with Crippen molar-refractivity contribution in [3.63, 3.8) is 0 Å². The monoisotopic (exact) mass is 486 g/mol. The third-order valence-corrected chi connectivity index (χ3v) is 7.36. The summed E-state index contributed by atoms with van der Waals surface area (Å²) in [6, 6.07) is 51.5. The first-order chi connectivity index (χ1) is 18.8. The standard InChI is InChI=1S/C36H26N2/c37-29-20-23-31(34(24-29)28-16-14-26(15-17-28)25-8-2-1-3-9-25)27-18-21-30(22-19-27)38-35-12-6-4-10-32(35)33-11-5-7-13-36(33)38/h1-24H,37H2. The lowest BCUT2D eigenvalue weighted by Crippen LogP contribution is -1.94. The van der Waals surface area contributed by atoms with E-state index >= 15 is 0 Å². The van der Waals surface area contributed by atoms with Crippen molar-refractivity contribution in [1.82, 2.24) is 4.57 Å². The molecule has 0 amide bonds. The summed E-state index contributed by atoms with van der Waals surface area (Å²) < 4.78 is 2.35. The van der Waals surface area contributed by atoms with E-state index in [1.165, 1.54) is 38.5 Å². The van der Waals surface area contributed by atoms with Crippen LogP contribution in [0, 0.1) is 0 Å². The average Bonchev–Trinajstić information content (AvgIpc) is 3.32. The lowest BCUT2D eigenvalue weighted by atomic mass is 9.93. The second-order valence-corrected chi connectivity index (χ2v) is 9.66. The highest BCUT2D eigenvalue weighted by Gasteiger charge is 2.13. The van der Waals surface area contributed by atoms with E-state index in [9.17, 15) is 0 Å². The minimum absolute atomic E-state index is 0.762. The number of rotatable bonds is 4. The van der Waals surface area contributed by atoms with E-state index in [4.69, 9.17) is 5.73 Å². The zero-order chi connectivity index (χ0) is 25.5. The van der Waals surface area contributed by atoms with Crippen molar-refractivity contribution < 1.29 is 0 Å². The molecule has 0 radical (unpaired) electrons. The van der Waals surface area contributed by atoms with Crippen LogP contribution in [0.25, 0.3) is 60.9 Å².